The van der Waals surface area contributed by atoms with Crippen molar-refractivity contribution in [1.29, 1.82) is 0 Å². The number of anilines is 1. The summed E-state index contributed by atoms with van der Waals surface area (Å²) in [6, 6.07) is 10.3. The van der Waals surface area contributed by atoms with E-state index in [1.807, 2.05) is 36.5 Å². The number of benzene rings is 1. The zero-order chi connectivity index (χ0) is 18.2. The summed E-state index contributed by atoms with van der Waals surface area (Å²) < 4.78 is 5.61. The molecule has 1 aliphatic heterocycles. The number of nitrogens with zero attached hydrogens (tertiary/aromatic N) is 2. The van der Waals surface area contributed by atoms with Crippen molar-refractivity contribution in [3.05, 3.63) is 41.4 Å². The monoisotopic (exact) mass is 373 g/mol. The third-order valence-corrected chi connectivity index (χ3v) is 5.56. The summed E-state index contributed by atoms with van der Waals surface area (Å²) in [5.74, 6) is 0.832. The van der Waals surface area contributed by atoms with Crippen LogP contribution in [0.1, 0.15) is 43.9 Å². The second-order valence-corrected chi connectivity index (χ2v) is 7.88. The van der Waals surface area contributed by atoms with Crippen LogP contribution in [0.25, 0.3) is 0 Å². The first-order valence-electron chi connectivity index (χ1n) is 9.37. The molecule has 6 heteroatoms. The van der Waals surface area contributed by atoms with Gasteiger partial charge in [0.05, 0.1) is 6.61 Å². The molecule has 0 bridgehead atoms. The Morgan fingerprint density at radius 2 is 2.19 bits per heavy atom. The van der Waals surface area contributed by atoms with Gasteiger partial charge < -0.3 is 10.1 Å². The minimum atomic E-state index is -0.00565. The number of para-hydroxylation sites is 1. The van der Waals surface area contributed by atoms with Gasteiger partial charge in [0.2, 0.25) is 5.91 Å². The molecular formula is C20H27N3O2S. The van der Waals surface area contributed by atoms with Crippen LogP contribution < -0.4 is 10.1 Å². The molecule has 0 aliphatic carbocycles. The van der Waals surface area contributed by atoms with Gasteiger partial charge in [0.15, 0.2) is 5.13 Å². The minimum absolute atomic E-state index is 0.00565. The molecule has 1 fully saturated rings. The first kappa shape index (κ1) is 18.9. The van der Waals surface area contributed by atoms with E-state index in [4.69, 9.17) is 4.74 Å². The summed E-state index contributed by atoms with van der Waals surface area (Å²) in [5.41, 5.74) is 0. The summed E-state index contributed by atoms with van der Waals surface area (Å²) >= 11 is 1.58. The van der Waals surface area contributed by atoms with Crippen LogP contribution in [0, 0.1) is 0 Å². The second kappa shape index (κ2) is 9.69. The topological polar surface area (TPSA) is 54.5 Å². The fourth-order valence-electron chi connectivity index (χ4n) is 3.15. The third kappa shape index (κ3) is 5.81. The Morgan fingerprint density at radius 3 is 3.00 bits per heavy atom. The maximum atomic E-state index is 12.1. The average molecular weight is 374 g/mol. The van der Waals surface area contributed by atoms with E-state index in [9.17, 15) is 4.79 Å². The van der Waals surface area contributed by atoms with Crippen molar-refractivity contribution in [3.8, 4) is 5.75 Å². The predicted molar refractivity (Wildman–Crippen MR) is 106 cm³/mol. The van der Waals surface area contributed by atoms with Crippen molar-refractivity contribution in [2.24, 2.45) is 0 Å². The van der Waals surface area contributed by atoms with Gasteiger partial charge in [0.1, 0.15) is 5.75 Å². The van der Waals surface area contributed by atoms with Gasteiger partial charge in [-0.05, 0) is 44.9 Å². The number of aromatic nitrogens is 1. The van der Waals surface area contributed by atoms with Crippen molar-refractivity contribution >= 4 is 22.4 Å². The quantitative estimate of drug-likeness (QED) is 0.701. The zero-order valence-electron chi connectivity index (χ0n) is 15.3. The number of hydrogen-bond acceptors (Lipinski definition) is 5. The molecular weight excluding hydrogens is 346 g/mol. The number of likely N-dealkylation sites (tertiary alicyclic amines) is 1. The second-order valence-electron chi connectivity index (χ2n) is 6.76. The van der Waals surface area contributed by atoms with Gasteiger partial charge in [-0.15, -0.1) is 11.3 Å². The number of carbonyl (C=O) groups excluding carboxylic acids is 1. The Kier molecular flexibility index (Phi) is 7.03. The first-order valence-corrected chi connectivity index (χ1v) is 10.2. The fraction of sp³-hybridized carbons (Fsp3) is 0.500. The van der Waals surface area contributed by atoms with Gasteiger partial charge in [0, 0.05) is 30.1 Å². The van der Waals surface area contributed by atoms with Crippen molar-refractivity contribution in [3.63, 3.8) is 0 Å². The Bertz CT molecular complexity index is 689. The van der Waals surface area contributed by atoms with Crippen molar-refractivity contribution in [2.75, 3.05) is 18.5 Å². The van der Waals surface area contributed by atoms with Gasteiger partial charge in [-0.1, -0.05) is 24.6 Å². The highest BCUT2D eigenvalue weighted by molar-refractivity contribution is 7.15. The SMILES string of the molecule is CC1CCCCN1Cc1cnc(NC(=O)CCCOc2ccccc2)s1. The lowest BCUT2D eigenvalue weighted by Gasteiger charge is -2.32. The van der Waals surface area contributed by atoms with Crippen LogP contribution in [0.5, 0.6) is 5.75 Å². The van der Waals surface area contributed by atoms with Gasteiger partial charge in [0.25, 0.3) is 0 Å². The molecule has 0 radical (unpaired) electrons. The molecule has 1 aliphatic rings. The third-order valence-electron chi connectivity index (χ3n) is 4.66. The molecule has 1 saturated heterocycles. The maximum Gasteiger partial charge on any atom is 0.226 e. The van der Waals surface area contributed by atoms with Crippen LogP contribution in [0.4, 0.5) is 5.13 Å². The highest BCUT2D eigenvalue weighted by Crippen LogP contribution is 2.24. The molecule has 26 heavy (non-hydrogen) atoms. The smallest absolute Gasteiger partial charge is 0.226 e. The molecule has 0 spiro atoms. The lowest BCUT2D eigenvalue weighted by atomic mass is 10.0. The first-order chi connectivity index (χ1) is 12.7. The molecule has 5 nitrogen and oxygen atoms in total. The van der Waals surface area contributed by atoms with Crippen LogP contribution in [-0.2, 0) is 11.3 Å². The van der Waals surface area contributed by atoms with Gasteiger partial charge >= 0.3 is 0 Å². The predicted octanol–water partition coefficient (Wildman–Crippen LogP) is 4.32. The summed E-state index contributed by atoms with van der Waals surface area (Å²) in [6.45, 7) is 4.91. The van der Waals surface area contributed by atoms with Gasteiger partial charge in [-0.25, -0.2) is 4.98 Å². The van der Waals surface area contributed by atoms with E-state index in [0.717, 1.165) is 18.8 Å². The van der Waals surface area contributed by atoms with E-state index in [-0.39, 0.29) is 5.91 Å². The number of thiazole rings is 1. The number of nitrogens with one attached hydrogen (secondary N) is 1. The van der Waals surface area contributed by atoms with Crippen molar-refractivity contribution < 1.29 is 9.53 Å². The van der Waals surface area contributed by atoms with Crippen LogP contribution >= 0.6 is 11.3 Å². The minimum Gasteiger partial charge on any atom is -0.494 e. The molecule has 1 aromatic heterocycles. The molecule has 1 unspecified atom stereocenters. The van der Waals surface area contributed by atoms with Crippen LogP contribution in [-0.4, -0.2) is 35.0 Å². The molecule has 0 saturated carbocycles. The average Bonchev–Trinajstić information content (AvgIpc) is 3.08. The van der Waals surface area contributed by atoms with E-state index in [1.54, 1.807) is 11.3 Å². The molecule has 1 amide bonds. The van der Waals surface area contributed by atoms with Crippen LogP contribution in [0.2, 0.25) is 0 Å². The summed E-state index contributed by atoms with van der Waals surface area (Å²) in [6.07, 6.45) is 6.89. The lowest BCUT2D eigenvalue weighted by molar-refractivity contribution is -0.116. The Labute approximate surface area is 159 Å². The highest BCUT2D eigenvalue weighted by atomic mass is 32.1. The molecule has 1 atom stereocenters. The molecule has 1 aromatic carbocycles. The van der Waals surface area contributed by atoms with E-state index < -0.39 is 0 Å². The van der Waals surface area contributed by atoms with Crippen LogP contribution in [0.15, 0.2) is 36.5 Å². The molecule has 2 aromatic rings. The molecule has 140 valence electrons. The number of piperidine rings is 1. The van der Waals surface area contributed by atoms with Gasteiger partial charge in [-0.3, -0.25) is 9.69 Å². The summed E-state index contributed by atoms with van der Waals surface area (Å²) in [7, 11) is 0. The van der Waals surface area contributed by atoms with Crippen molar-refractivity contribution in [2.45, 2.75) is 51.6 Å². The number of amides is 1. The van der Waals surface area contributed by atoms with E-state index in [0.29, 0.717) is 30.6 Å². The molecule has 3 rings (SSSR count). The molecule has 2 heterocycles. The van der Waals surface area contributed by atoms with Crippen molar-refractivity contribution in [1.82, 2.24) is 9.88 Å². The number of rotatable bonds is 8. The Hall–Kier alpha value is -1.92. The Morgan fingerprint density at radius 1 is 1.35 bits per heavy atom. The fourth-order valence-corrected chi connectivity index (χ4v) is 4.01. The lowest BCUT2D eigenvalue weighted by Crippen LogP contribution is -2.36. The largest absolute Gasteiger partial charge is 0.494 e. The van der Waals surface area contributed by atoms with E-state index in [1.165, 1.54) is 24.1 Å². The number of ether oxygens (including phenoxy) is 1. The number of hydrogen-bond donors (Lipinski definition) is 1. The molecule has 1 N–H and O–H groups in total. The maximum absolute atomic E-state index is 12.1. The van der Waals surface area contributed by atoms with E-state index >= 15 is 0 Å². The van der Waals surface area contributed by atoms with Gasteiger partial charge in [-0.2, -0.15) is 0 Å². The zero-order valence-corrected chi connectivity index (χ0v) is 16.1. The summed E-state index contributed by atoms with van der Waals surface area (Å²) in [5, 5.41) is 3.60. The van der Waals surface area contributed by atoms with Crippen LogP contribution in [0.3, 0.4) is 0 Å². The number of carbonyl (C=O) groups is 1. The summed E-state index contributed by atoms with van der Waals surface area (Å²) in [4.78, 5) is 20.1. The highest BCUT2D eigenvalue weighted by Gasteiger charge is 2.19. The van der Waals surface area contributed by atoms with E-state index in [2.05, 4.69) is 22.1 Å². The standard InChI is InChI=1S/C20H27N3O2S/c1-16-8-5-6-12-23(16)15-18-14-21-20(26-18)22-19(24)11-7-13-25-17-9-3-2-4-10-17/h2-4,9-10,14,16H,5-8,11-13,15H2,1H3,(H,21,22,24). The Balaban J connectivity index is 1.37. The normalized spacial score (nSPS) is 17.8.